The summed E-state index contributed by atoms with van der Waals surface area (Å²) in [5.74, 6) is 0.629. The van der Waals surface area contributed by atoms with Crippen molar-refractivity contribution in [2.45, 2.75) is 62.6 Å². The average molecular weight is 565 g/mol. The van der Waals surface area contributed by atoms with E-state index in [0.29, 0.717) is 60.0 Å². The first-order valence-electron chi connectivity index (χ1n) is 14.0. The molecule has 0 spiro atoms. The van der Waals surface area contributed by atoms with Crippen molar-refractivity contribution in [3.63, 3.8) is 0 Å². The van der Waals surface area contributed by atoms with Crippen molar-refractivity contribution in [3.05, 3.63) is 47.5 Å². The summed E-state index contributed by atoms with van der Waals surface area (Å²) < 4.78 is 32.5. The van der Waals surface area contributed by atoms with Gasteiger partial charge in [-0.25, -0.2) is 14.4 Å². The Labute approximate surface area is 236 Å². The standard InChI is InChI=1S/C29H33FN6O5/c1-31-23(37)7-13-39-25-5-3-21-26(36-25)19(20(30)15-32-21)6-8-29-11-9-28(10-12-29,17-41-29)33-14-18-2-4-22-27(34-18)35-24(38)16-40-22/h2-5,15,33H,6-14,16-17H2,1H3,(H,31,37)(H,34,35,38). The van der Waals surface area contributed by atoms with E-state index in [9.17, 15) is 9.59 Å². The molecule has 1 aliphatic carbocycles. The minimum atomic E-state index is -0.398. The largest absolute Gasteiger partial charge is 0.480 e. The molecule has 2 bridgehead atoms. The fraction of sp³-hybridized carbons (Fsp3) is 0.483. The van der Waals surface area contributed by atoms with Gasteiger partial charge in [0.05, 0.1) is 48.2 Å². The van der Waals surface area contributed by atoms with Gasteiger partial charge in [0.15, 0.2) is 18.2 Å². The summed E-state index contributed by atoms with van der Waals surface area (Å²) in [6.07, 6.45) is 6.21. The van der Waals surface area contributed by atoms with Crippen LogP contribution in [0.25, 0.3) is 11.0 Å². The number of ether oxygens (including phenoxy) is 3. The van der Waals surface area contributed by atoms with Crippen LogP contribution < -0.4 is 25.4 Å². The molecule has 216 valence electrons. The lowest BCUT2D eigenvalue weighted by Crippen LogP contribution is -2.61. The Bertz CT molecular complexity index is 1460. The molecule has 12 heteroatoms. The van der Waals surface area contributed by atoms with Crippen LogP contribution in [0.5, 0.6) is 11.6 Å². The molecule has 2 amide bonds. The molecule has 4 aliphatic rings. The van der Waals surface area contributed by atoms with Crippen LogP contribution in [-0.2, 0) is 27.3 Å². The number of aromatic nitrogens is 3. The molecule has 3 aromatic rings. The minimum Gasteiger partial charge on any atom is -0.480 e. The number of hydrogen-bond donors (Lipinski definition) is 3. The zero-order valence-corrected chi connectivity index (χ0v) is 22.9. The summed E-state index contributed by atoms with van der Waals surface area (Å²) in [5, 5.41) is 8.96. The number of nitrogens with one attached hydrogen (secondary N) is 3. The van der Waals surface area contributed by atoms with Gasteiger partial charge < -0.3 is 30.2 Å². The number of rotatable bonds is 10. The Hall–Kier alpha value is -3.90. The van der Waals surface area contributed by atoms with Crippen molar-refractivity contribution in [2.24, 2.45) is 0 Å². The van der Waals surface area contributed by atoms with Gasteiger partial charge in [0, 0.05) is 30.8 Å². The Balaban J connectivity index is 1.07. The summed E-state index contributed by atoms with van der Waals surface area (Å²) in [4.78, 5) is 36.4. The number of fused-ring (bicyclic) bond motifs is 5. The molecule has 2 saturated heterocycles. The highest BCUT2D eigenvalue weighted by atomic mass is 19.1. The van der Waals surface area contributed by atoms with E-state index in [1.54, 1.807) is 19.2 Å². The summed E-state index contributed by atoms with van der Waals surface area (Å²) >= 11 is 0. The fourth-order valence-electron chi connectivity index (χ4n) is 5.82. The minimum absolute atomic E-state index is 0.00482. The lowest BCUT2D eigenvalue weighted by Gasteiger charge is -2.53. The normalized spacial score (nSPS) is 23.0. The quantitative estimate of drug-likeness (QED) is 0.340. The summed E-state index contributed by atoms with van der Waals surface area (Å²) in [6.45, 7) is 1.30. The molecule has 3 aliphatic heterocycles. The number of aryl methyl sites for hydroxylation is 1. The maximum Gasteiger partial charge on any atom is 0.263 e. The van der Waals surface area contributed by atoms with Crippen LogP contribution in [0, 0.1) is 5.82 Å². The molecule has 11 nitrogen and oxygen atoms in total. The second kappa shape index (κ2) is 11.2. The van der Waals surface area contributed by atoms with Gasteiger partial charge in [-0.1, -0.05) is 0 Å². The molecule has 3 aromatic heterocycles. The van der Waals surface area contributed by atoms with E-state index >= 15 is 4.39 Å². The number of halogens is 1. The van der Waals surface area contributed by atoms with Gasteiger partial charge in [0.25, 0.3) is 5.91 Å². The highest BCUT2D eigenvalue weighted by Crippen LogP contribution is 2.46. The Morgan fingerprint density at radius 1 is 1.17 bits per heavy atom. The van der Waals surface area contributed by atoms with Crippen LogP contribution in [0.4, 0.5) is 10.2 Å². The van der Waals surface area contributed by atoms with Gasteiger partial charge in [-0.2, -0.15) is 0 Å². The maximum absolute atomic E-state index is 15.0. The fourth-order valence-corrected chi connectivity index (χ4v) is 5.82. The summed E-state index contributed by atoms with van der Waals surface area (Å²) in [5.41, 5.74) is 1.93. The molecule has 0 radical (unpaired) electrons. The van der Waals surface area contributed by atoms with Gasteiger partial charge in [-0.15, -0.1) is 0 Å². The molecule has 0 atom stereocenters. The lowest BCUT2D eigenvalue weighted by molar-refractivity contribution is -0.165. The van der Waals surface area contributed by atoms with E-state index in [-0.39, 0.29) is 42.6 Å². The molecule has 3 fully saturated rings. The first-order chi connectivity index (χ1) is 19.9. The molecule has 1 saturated carbocycles. The Morgan fingerprint density at radius 2 is 2.02 bits per heavy atom. The van der Waals surface area contributed by atoms with Crippen molar-refractivity contribution in [2.75, 3.05) is 32.2 Å². The van der Waals surface area contributed by atoms with Crippen LogP contribution in [0.15, 0.2) is 30.5 Å². The SMILES string of the molecule is CNC(=O)CCOc1ccc2ncc(F)c(CCC34CCC(NCc5ccc6c(n5)NC(=O)CO6)(CC3)CO4)c2n1. The van der Waals surface area contributed by atoms with E-state index < -0.39 is 5.82 Å². The van der Waals surface area contributed by atoms with Crippen molar-refractivity contribution >= 4 is 28.7 Å². The number of carbonyl (C=O) groups excluding carboxylic acids is 2. The number of amides is 2. The third kappa shape index (κ3) is 5.80. The number of pyridine rings is 3. The molecular formula is C29H33FN6O5. The predicted octanol–water partition coefficient (Wildman–Crippen LogP) is 2.81. The number of hydrogen-bond acceptors (Lipinski definition) is 9. The third-order valence-electron chi connectivity index (χ3n) is 8.38. The topological polar surface area (TPSA) is 137 Å². The second-order valence-corrected chi connectivity index (χ2v) is 11.0. The second-order valence-electron chi connectivity index (χ2n) is 11.0. The summed E-state index contributed by atoms with van der Waals surface area (Å²) in [7, 11) is 1.57. The third-order valence-corrected chi connectivity index (χ3v) is 8.38. The van der Waals surface area contributed by atoms with Crippen LogP contribution in [0.2, 0.25) is 0 Å². The van der Waals surface area contributed by atoms with Crippen LogP contribution in [0.1, 0.15) is 49.8 Å². The highest BCUT2D eigenvalue weighted by molar-refractivity contribution is 5.94. The molecule has 7 rings (SSSR count). The predicted molar refractivity (Wildman–Crippen MR) is 147 cm³/mol. The monoisotopic (exact) mass is 564 g/mol. The number of carbonyl (C=O) groups is 2. The Morgan fingerprint density at radius 3 is 2.80 bits per heavy atom. The van der Waals surface area contributed by atoms with E-state index in [1.165, 1.54) is 6.20 Å². The molecule has 0 aromatic carbocycles. The number of anilines is 1. The zero-order valence-electron chi connectivity index (χ0n) is 22.9. The van der Waals surface area contributed by atoms with Gasteiger partial charge in [-0.3, -0.25) is 14.6 Å². The molecule has 6 heterocycles. The molecular weight excluding hydrogens is 531 g/mol. The van der Waals surface area contributed by atoms with Crippen LogP contribution in [-0.4, -0.2) is 64.8 Å². The van der Waals surface area contributed by atoms with E-state index in [1.807, 2.05) is 12.1 Å². The van der Waals surface area contributed by atoms with Crippen molar-refractivity contribution in [1.82, 2.24) is 25.6 Å². The molecule has 0 unspecified atom stereocenters. The average Bonchev–Trinajstić information content (AvgIpc) is 3.00. The first kappa shape index (κ1) is 27.3. The van der Waals surface area contributed by atoms with Crippen molar-refractivity contribution in [1.29, 1.82) is 0 Å². The van der Waals surface area contributed by atoms with Gasteiger partial charge >= 0.3 is 0 Å². The summed E-state index contributed by atoms with van der Waals surface area (Å²) in [6, 6.07) is 7.17. The van der Waals surface area contributed by atoms with Gasteiger partial charge in [0.1, 0.15) is 5.82 Å². The smallest absolute Gasteiger partial charge is 0.263 e. The van der Waals surface area contributed by atoms with E-state index in [0.717, 1.165) is 31.4 Å². The first-order valence-corrected chi connectivity index (χ1v) is 14.0. The number of nitrogens with zero attached hydrogens (tertiary/aromatic N) is 3. The van der Waals surface area contributed by atoms with E-state index in [2.05, 4.69) is 30.9 Å². The Kier molecular flexibility index (Phi) is 7.43. The molecule has 3 N–H and O–H groups in total. The maximum atomic E-state index is 15.0. The zero-order chi connectivity index (χ0) is 28.5. The van der Waals surface area contributed by atoms with Crippen LogP contribution >= 0.6 is 0 Å². The van der Waals surface area contributed by atoms with Gasteiger partial charge in [-0.05, 0) is 56.7 Å². The van der Waals surface area contributed by atoms with Crippen molar-refractivity contribution in [3.8, 4) is 11.6 Å². The van der Waals surface area contributed by atoms with Crippen molar-refractivity contribution < 1.29 is 28.2 Å². The molecule has 41 heavy (non-hydrogen) atoms. The lowest BCUT2D eigenvalue weighted by atomic mass is 9.69. The van der Waals surface area contributed by atoms with Crippen LogP contribution in [0.3, 0.4) is 0 Å². The van der Waals surface area contributed by atoms with Gasteiger partial charge in [0.2, 0.25) is 11.8 Å². The van der Waals surface area contributed by atoms with E-state index in [4.69, 9.17) is 14.2 Å². The highest BCUT2D eigenvalue weighted by Gasteiger charge is 2.49.